The molecule has 0 bridgehead atoms. The zero-order chi connectivity index (χ0) is 19.5. The molecule has 0 aliphatic carbocycles. The standard InChI is InChI=1S/C19H13BrClN5OS/c20-13-3-1-12(2-4-13)16-9-10-17-23-24-19(26(17)25-16)28-11-18(27)22-15-7-5-14(21)6-8-15/h1-10H,11H2,(H,22,27). The molecule has 0 unspecified atom stereocenters. The van der Waals surface area contributed by atoms with Crippen molar-refractivity contribution in [1.82, 2.24) is 19.8 Å². The Balaban J connectivity index is 1.49. The van der Waals surface area contributed by atoms with E-state index in [1.807, 2.05) is 36.4 Å². The number of amides is 1. The number of benzene rings is 2. The van der Waals surface area contributed by atoms with Gasteiger partial charge in [-0.2, -0.15) is 9.61 Å². The molecule has 1 amide bonds. The molecule has 0 aliphatic rings. The largest absolute Gasteiger partial charge is 0.325 e. The van der Waals surface area contributed by atoms with Crippen molar-refractivity contribution in [3.05, 3.63) is 70.2 Å². The molecule has 9 heteroatoms. The van der Waals surface area contributed by atoms with Gasteiger partial charge in [-0.3, -0.25) is 4.79 Å². The number of fused-ring (bicyclic) bond motifs is 1. The van der Waals surface area contributed by atoms with Crippen LogP contribution in [-0.4, -0.2) is 31.5 Å². The molecule has 0 spiro atoms. The van der Waals surface area contributed by atoms with Gasteiger partial charge in [0.25, 0.3) is 0 Å². The van der Waals surface area contributed by atoms with Gasteiger partial charge in [-0.1, -0.05) is 51.4 Å². The number of hydrogen-bond donors (Lipinski definition) is 1. The monoisotopic (exact) mass is 473 g/mol. The Labute approximate surface area is 178 Å². The fraction of sp³-hybridized carbons (Fsp3) is 0.0526. The average Bonchev–Trinajstić information content (AvgIpc) is 3.11. The molecule has 1 N–H and O–H groups in total. The first-order valence-corrected chi connectivity index (χ1v) is 10.4. The minimum atomic E-state index is -0.145. The highest BCUT2D eigenvalue weighted by Crippen LogP contribution is 2.22. The summed E-state index contributed by atoms with van der Waals surface area (Å²) in [5.74, 6) is 0.0429. The lowest BCUT2D eigenvalue weighted by Crippen LogP contribution is -2.14. The Morgan fingerprint density at radius 1 is 1.04 bits per heavy atom. The molecule has 28 heavy (non-hydrogen) atoms. The minimum Gasteiger partial charge on any atom is -0.325 e. The Bertz CT molecular complexity index is 1130. The van der Waals surface area contributed by atoms with Crippen molar-refractivity contribution in [2.45, 2.75) is 5.16 Å². The van der Waals surface area contributed by atoms with Crippen LogP contribution in [-0.2, 0) is 4.79 Å². The number of halogens is 2. The topological polar surface area (TPSA) is 72.2 Å². The highest BCUT2D eigenvalue weighted by atomic mass is 79.9. The number of nitrogens with zero attached hydrogens (tertiary/aromatic N) is 4. The number of carbonyl (C=O) groups is 1. The highest BCUT2D eigenvalue weighted by Gasteiger charge is 2.12. The second kappa shape index (κ2) is 8.30. The van der Waals surface area contributed by atoms with Gasteiger partial charge in [-0.05, 0) is 48.5 Å². The van der Waals surface area contributed by atoms with Gasteiger partial charge in [0.1, 0.15) is 0 Å². The van der Waals surface area contributed by atoms with Crippen LogP contribution in [0.4, 0.5) is 5.69 Å². The lowest BCUT2D eigenvalue weighted by atomic mass is 10.1. The first-order valence-electron chi connectivity index (χ1n) is 8.25. The fourth-order valence-electron chi connectivity index (χ4n) is 2.49. The molecule has 2 aromatic heterocycles. The van der Waals surface area contributed by atoms with Crippen LogP contribution in [0.3, 0.4) is 0 Å². The Morgan fingerprint density at radius 2 is 1.79 bits per heavy atom. The summed E-state index contributed by atoms with van der Waals surface area (Å²) >= 11 is 10.6. The zero-order valence-electron chi connectivity index (χ0n) is 14.3. The van der Waals surface area contributed by atoms with Gasteiger partial charge in [0, 0.05) is 20.7 Å². The third-order valence-corrected chi connectivity index (χ3v) is 5.53. The fourth-order valence-corrected chi connectivity index (χ4v) is 3.57. The molecular formula is C19H13BrClN5OS. The average molecular weight is 475 g/mol. The van der Waals surface area contributed by atoms with Crippen molar-refractivity contribution in [1.29, 1.82) is 0 Å². The predicted molar refractivity (Wildman–Crippen MR) is 115 cm³/mol. The molecule has 0 fully saturated rings. The van der Waals surface area contributed by atoms with Crippen molar-refractivity contribution < 1.29 is 4.79 Å². The predicted octanol–water partition coefficient (Wildman–Crippen LogP) is 4.94. The number of rotatable bonds is 5. The third-order valence-electron chi connectivity index (χ3n) is 3.83. The van der Waals surface area contributed by atoms with Crippen molar-refractivity contribution in [2.24, 2.45) is 0 Å². The highest BCUT2D eigenvalue weighted by molar-refractivity contribution is 9.10. The number of nitrogens with one attached hydrogen (secondary N) is 1. The van der Waals surface area contributed by atoms with E-state index in [0.29, 0.717) is 21.5 Å². The Kier molecular flexibility index (Phi) is 5.61. The van der Waals surface area contributed by atoms with E-state index < -0.39 is 0 Å². The summed E-state index contributed by atoms with van der Waals surface area (Å²) in [5.41, 5.74) is 3.10. The Morgan fingerprint density at radius 3 is 2.54 bits per heavy atom. The van der Waals surface area contributed by atoms with Crippen LogP contribution in [0.2, 0.25) is 5.02 Å². The van der Waals surface area contributed by atoms with Gasteiger partial charge < -0.3 is 5.32 Å². The maximum atomic E-state index is 12.2. The summed E-state index contributed by atoms with van der Waals surface area (Å²) in [6.45, 7) is 0. The SMILES string of the molecule is O=C(CSc1nnc2ccc(-c3ccc(Br)cc3)nn12)Nc1ccc(Cl)cc1. The van der Waals surface area contributed by atoms with Gasteiger partial charge in [-0.15, -0.1) is 10.2 Å². The number of thioether (sulfide) groups is 1. The molecule has 0 atom stereocenters. The van der Waals surface area contributed by atoms with E-state index in [9.17, 15) is 4.79 Å². The molecule has 0 saturated carbocycles. The van der Waals surface area contributed by atoms with E-state index in [-0.39, 0.29) is 11.7 Å². The number of aromatic nitrogens is 4. The molecule has 140 valence electrons. The van der Waals surface area contributed by atoms with Crippen molar-refractivity contribution in [3.8, 4) is 11.3 Å². The van der Waals surface area contributed by atoms with Crippen molar-refractivity contribution >= 4 is 56.5 Å². The molecule has 4 aromatic rings. The summed E-state index contributed by atoms with van der Waals surface area (Å²) in [5, 5.41) is 16.9. The van der Waals surface area contributed by atoms with E-state index in [1.165, 1.54) is 11.8 Å². The molecule has 0 aliphatic heterocycles. The normalized spacial score (nSPS) is 10.9. The molecule has 2 heterocycles. The van der Waals surface area contributed by atoms with Gasteiger partial charge in [-0.25, -0.2) is 0 Å². The zero-order valence-corrected chi connectivity index (χ0v) is 17.5. The summed E-state index contributed by atoms with van der Waals surface area (Å²) in [6.07, 6.45) is 0. The van der Waals surface area contributed by atoms with E-state index in [1.54, 1.807) is 28.8 Å². The van der Waals surface area contributed by atoms with Gasteiger partial charge in [0.05, 0.1) is 11.4 Å². The lowest BCUT2D eigenvalue weighted by molar-refractivity contribution is -0.113. The minimum absolute atomic E-state index is 0.145. The lowest BCUT2D eigenvalue weighted by Gasteiger charge is -2.05. The van der Waals surface area contributed by atoms with E-state index in [4.69, 9.17) is 11.6 Å². The smallest absolute Gasteiger partial charge is 0.234 e. The summed E-state index contributed by atoms with van der Waals surface area (Å²) in [7, 11) is 0. The van der Waals surface area contributed by atoms with Crippen LogP contribution in [0.25, 0.3) is 16.9 Å². The van der Waals surface area contributed by atoms with Crippen LogP contribution >= 0.6 is 39.3 Å². The molecule has 6 nitrogen and oxygen atoms in total. The molecule has 2 aromatic carbocycles. The Hall–Kier alpha value is -2.42. The summed E-state index contributed by atoms with van der Waals surface area (Å²) < 4.78 is 2.65. The molecule has 4 rings (SSSR count). The summed E-state index contributed by atoms with van der Waals surface area (Å²) in [4.78, 5) is 12.2. The number of anilines is 1. The second-order valence-corrected chi connectivity index (χ2v) is 8.12. The number of hydrogen-bond acceptors (Lipinski definition) is 5. The quantitative estimate of drug-likeness (QED) is 0.415. The van der Waals surface area contributed by atoms with Crippen LogP contribution in [0, 0.1) is 0 Å². The first kappa shape index (κ1) is 18.9. The van der Waals surface area contributed by atoms with Crippen LogP contribution in [0.15, 0.2) is 70.3 Å². The van der Waals surface area contributed by atoms with Crippen molar-refractivity contribution in [3.63, 3.8) is 0 Å². The summed E-state index contributed by atoms with van der Waals surface area (Å²) in [6, 6.07) is 18.6. The van der Waals surface area contributed by atoms with Crippen LogP contribution in [0.1, 0.15) is 0 Å². The molecular weight excluding hydrogens is 462 g/mol. The van der Waals surface area contributed by atoms with Gasteiger partial charge in [0.2, 0.25) is 11.1 Å². The van der Waals surface area contributed by atoms with E-state index in [0.717, 1.165) is 15.7 Å². The number of carbonyl (C=O) groups excluding carboxylic acids is 1. The second-order valence-electron chi connectivity index (χ2n) is 5.82. The van der Waals surface area contributed by atoms with Gasteiger partial charge >= 0.3 is 0 Å². The first-order chi connectivity index (χ1) is 13.6. The molecule has 0 radical (unpaired) electrons. The third kappa shape index (κ3) is 4.35. The van der Waals surface area contributed by atoms with E-state index >= 15 is 0 Å². The maximum absolute atomic E-state index is 12.2. The van der Waals surface area contributed by atoms with Crippen molar-refractivity contribution in [2.75, 3.05) is 11.1 Å². The maximum Gasteiger partial charge on any atom is 0.234 e. The molecule has 0 saturated heterocycles. The van der Waals surface area contributed by atoms with Crippen LogP contribution < -0.4 is 5.32 Å². The van der Waals surface area contributed by atoms with Crippen LogP contribution in [0.5, 0.6) is 0 Å². The van der Waals surface area contributed by atoms with Gasteiger partial charge in [0.15, 0.2) is 5.65 Å². The van der Waals surface area contributed by atoms with E-state index in [2.05, 4.69) is 36.5 Å².